The number of nitriles is 1. The van der Waals surface area contributed by atoms with Crippen molar-refractivity contribution in [3.05, 3.63) is 34.9 Å². The lowest BCUT2D eigenvalue weighted by atomic mass is 9.98. The van der Waals surface area contributed by atoms with Crippen LogP contribution in [0, 0.1) is 11.3 Å². The summed E-state index contributed by atoms with van der Waals surface area (Å²) in [5, 5.41) is 8.34. The largest absolute Gasteiger partial charge is 0.462 e. The molecule has 94 valence electrons. The summed E-state index contributed by atoms with van der Waals surface area (Å²) in [6, 6.07) is 6.31. The van der Waals surface area contributed by atoms with Crippen LogP contribution in [0.5, 0.6) is 0 Å². The molecule has 0 aliphatic carbocycles. The number of hydrogen-bond donors (Lipinski definition) is 0. The summed E-state index contributed by atoms with van der Waals surface area (Å²) >= 11 is 5.71. The Bertz CT molecular complexity index is 517. The van der Waals surface area contributed by atoms with Gasteiger partial charge in [0.1, 0.15) is 6.07 Å². The van der Waals surface area contributed by atoms with Crippen LogP contribution in [0.3, 0.4) is 0 Å². The summed E-state index contributed by atoms with van der Waals surface area (Å²) in [7, 11) is 0. The smallest absolute Gasteiger partial charge is 0.339 e. The molecular weight excluding hydrogens is 254 g/mol. The highest BCUT2D eigenvalue weighted by Crippen LogP contribution is 2.18. The highest BCUT2D eigenvalue weighted by atomic mass is 35.5. The summed E-state index contributed by atoms with van der Waals surface area (Å²) in [6.45, 7) is 3.38. The maximum Gasteiger partial charge on any atom is 0.339 e. The molecule has 5 heteroatoms. The number of alkyl halides is 1. The van der Waals surface area contributed by atoms with E-state index in [-0.39, 0.29) is 29.1 Å². The van der Waals surface area contributed by atoms with E-state index < -0.39 is 11.3 Å². The van der Waals surface area contributed by atoms with E-state index in [4.69, 9.17) is 21.6 Å². The van der Waals surface area contributed by atoms with Crippen molar-refractivity contribution in [1.29, 1.82) is 5.26 Å². The molecule has 0 bridgehead atoms. The first-order valence-corrected chi connectivity index (χ1v) is 5.85. The number of ether oxygens (including phenoxy) is 1. The summed E-state index contributed by atoms with van der Waals surface area (Å²) in [4.78, 5) is 23.5. The van der Waals surface area contributed by atoms with E-state index in [0.29, 0.717) is 0 Å². The maximum atomic E-state index is 11.8. The molecule has 1 atom stereocenters. The van der Waals surface area contributed by atoms with Gasteiger partial charge in [-0.25, -0.2) is 4.79 Å². The van der Waals surface area contributed by atoms with E-state index in [1.165, 1.54) is 25.1 Å². The zero-order valence-electron chi connectivity index (χ0n) is 10.1. The molecule has 1 unspecified atom stereocenters. The van der Waals surface area contributed by atoms with Gasteiger partial charge in [-0.05, 0) is 26.0 Å². The van der Waals surface area contributed by atoms with E-state index >= 15 is 0 Å². The predicted molar refractivity (Wildman–Crippen MR) is 66.8 cm³/mol. The number of carbonyl (C=O) groups excluding carboxylic acids is 2. The van der Waals surface area contributed by atoms with Gasteiger partial charge in [0.15, 0.2) is 5.78 Å². The van der Waals surface area contributed by atoms with Crippen LogP contribution in [-0.4, -0.2) is 23.7 Å². The fourth-order valence-electron chi connectivity index (χ4n) is 1.47. The van der Waals surface area contributed by atoms with Gasteiger partial charge < -0.3 is 4.74 Å². The van der Waals surface area contributed by atoms with Crippen molar-refractivity contribution in [3.8, 4) is 6.07 Å². The minimum Gasteiger partial charge on any atom is -0.462 e. The third-order valence-corrected chi connectivity index (χ3v) is 2.50. The van der Waals surface area contributed by atoms with Crippen LogP contribution in [0.4, 0.5) is 0 Å². The minimum atomic E-state index is -0.755. The molecule has 1 rings (SSSR count). The van der Waals surface area contributed by atoms with Gasteiger partial charge in [0.05, 0.1) is 23.1 Å². The van der Waals surface area contributed by atoms with Crippen LogP contribution in [-0.2, 0) is 4.74 Å². The van der Waals surface area contributed by atoms with Gasteiger partial charge in [-0.15, -0.1) is 11.6 Å². The van der Waals surface area contributed by atoms with Crippen LogP contribution in [0.2, 0.25) is 0 Å². The highest BCUT2D eigenvalue weighted by Gasteiger charge is 2.21. The number of hydrogen-bond acceptors (Lipinski definition) is 4. The molecule has 0 heterocycles. The number of halogens is 1. The monoisotopic (exact) mass is 265 g/mol. The first-order valence-electron chi connectivity index (χ1n) is 5.41. The van der Waals surface area contributed by atoms with Gasteiger partial charge in [0.25, 0.3) is 0 Å². The molecule has 0 aromatic heterocycles. The van der Waals surface area contributed by atoms with Crippen LogP contribution in [0.15, 0.2) is 18.2 Å². The second-order valence-electron chi connectivity index (χ2n) is 3.54. The molecule has 0 saturated heterocycles. The summed E-state index contributed by atoms with van der Waals surface area (Å²) < 4.78 is 4.83. The molecule has 0 aliphatic rings. The quantitative estimate of drug-likeness (QED) is 0.477. The number of nitrogens with zero attached hydrogens (tertiary/aromatic N) is 1. The van der Waals surface area contributed by atoms with Gasteiger partial charge >= 0.3 is 5.97 Å². The lowest BCUT2D eigenvalue weighted by Crippen LogP contribution is -2.15. The van der Waals surface area contributed by atoms with Crippen LogP contribution >= 0.6 is 11.6 Å². The average molecular weight is 266 g/mol. The third kappa shape index (κ3) is 2.88. The molecule has 0 spiro atoms. The van der Waals surface area contributed by atoms with Crippen molar-refractivity contribution in [2.45, 2.75) is 19.2 Å². The Hall–Kier alpha value is -1.86. The normalized spacial score (nSPS) is 11.4. The highest BCUT2D eigenvalue weighted by molar-refractivity contribution is 6.34. The Balaban J connectivity index is 3.32. The SMILES string of the molecule is CCOC(=O)c1cccc(C(=O)C(C)Cl)c1C#N. The summed E-state index contributed by atoms with van der Waals surface area (Å²) in [5.74, 6) is -1.01. The van der Waals surface area contributed by atoms with Gasteiger partial charge in [-0.1, -0.05) is 6.07 Å². The van der Waals surface area contributed by atoms with E-state index in [0.717, 1.165) is 0 Å². The van der Waals surface area contributed by atoms with E-state index in [9.17, 15) is 9.59 Å². The molecule has 0 saturated carbocycles. The van der Waals surface area contributed by atoms with Crippen molar-refractivity contribution in [2.24, 2.45) is 0 Å². The zero-order valence-corrected chi connectivity index (χ0v) is 10.8. The first-order chi connectivity index (χ1) is 8.52. The fourth-order valence-corrected chi connectivity index (χ4v) is 1.59. The zero-order chi connectivity index (χ0) is 13.7. The summed E-state index contributed by atoms with van der Waals surface area (Å²) in [6.07, 6.45) is 0. The van der Waals surface area contributed by atoms with Crippen molar-refractivity contribution < 1.29 is 14.3 Å². The van der Waals surface area contributed by atoms with Crippen LogP contribution in [0.1, 0.15) is 40.1 Å². The van der Waals surface area contributed by atoms with E-state index in [2.05, 4.69) is 0 Å². The third-order valence-electron chi connectivity index (χ3n) is 2.30. The second-order valence-corrected chi connectivity index (χ2v) is 4.20. The first kappa shape index (κ1) is 14.2. The van der Waals surface area contributed by atoms with Crippen molar-refractivity contribution in [3.63, 3.8) is 0 Å². The Morgan fingerprint density at radius 1 is 1.44 bits per heavy atom. The molecule has 0 radical (unpaired) electrons. The van der Waals surface area contributed by atoms with Gasteiger partial charge in [-0.2, -0.15) is 5.26 Å². The maximum absolute atomic E-state index is 11.8. The molecule has 0 N–H and O–H groups in total. The predicted octanol–water partition coefficient (Wildman–Crippen LogP) is 2.54. The standard InChI is InChI=1S/C13H12ClNO3/c1-3-18-13(17)10-6-4-5-9(11(10)7-15)12(16)8(2)14/h4-6,8H,3H2,1-2H3. The number of esters is 1. The molecule has 0 aliphatic heterocycles. The van der Waals surface area contributed by atoms with Gasteiger partial charge in [0.2, 0.25) is 0 Å². The fraction of sp³-hybridized carbons (Fsp3) is 0.308. The lowest BCUT2D eigenvalue weighted by molar-refractivity contribution is 0.0526. The van der Waals surface area contributed by atoms with Crippen molar-refractivity contribution >= 4 is 23.4 Å². The number of rotatable bonds is 4. The van der Waals surface area contributed by atoms with Gasteiger partial charge in [0, 0.05) is 5.56 Å². The Morgan fingerprint density at radius 3 is 2.56 bits per heavy atom. The van der Waals surface area contributed by atoms with Crippen molar-refractivity contribution in [2.75, 3.05) is 6.61 Å². The molecular formula is C13H12ClNO3. The molecule has 4 nitrogen and oxygen atoms in total. The lowest BCUT2D eigenvalue weighted by Gasteiger charge is -2.08. The average Bonchev–Trinajstić information content (AvgIpc) is 2.36. The number of carbonyl (C=O) groups is 2. The molecule has 1 aromatic carbocycles. The molecule has 0 amide bonds. The molecule has 18 heavy (non-hydrogen) atoms. The molecule has 0 fully saturated rings. The Morgan fingerprint density at radius 2 is 2.06 bits per heavy atom. The summed E-state index contributed by atoms with van der Waals surface area (Å²) in [5.41, 5.74) is 0.238. The Labute approximate surface area is 110 Å². The van der Waals surface area contributed by atoms with E-state index in [1.54, 1.807) is 6.92 Å². The molecule has 1 aromatic rings. The van der Waals surface area contributed by atoms with E-state index in [1.807, 2.05) is 6.07 Å². The minimum absolute atomic E-state index is 0.00782. The van der Waals surface area contributed by atoms with Crippen LogP contribution < -0.4 is 0 Å². The number of benzene rings is 1. The van der Waals surface area contributed by atoms with Crippen LogP contribution in [0.25, 0.3) is 0 Å². The number of ketones is 1. The Kier molecular flexibility index (Phi) is 4.87. The van der Waals surface area contributed by atoms with Crippen molar-refractivity contribution in [1.82, 2.24) is 0 Å². The topological polar surface area (TPSA) is 67.2 Å². The van der Waals surface area contributed by atoms with Gasteiger partial charge in [-0.3, -0.25) is 4.79 Å². The number of Topliss-reactive ketones (excluding diaryl/α,β-unsaturated/α-hetero) is 1. The second kappa shape index (κ2) is 6.18.